The van der Waals surface area contributed by atoms with Crippen LogP contribution in [0.25, 0.3) is 0 Å². The summed E-state index contributed by atoms with van der Waals surface area (Å²) in [6, 6.07) is 11.5. The number of benzene rings is 1. The average molecular weight is 373 g/mol. The van der Waals surface area contributed by atoms with Gasteiger partial charge in [0.25, 0.3) is 5.91 Å². The van der Waals surface area contributed by atoms with Crippen LogP contribution >= 0.6 is 0 Å². The van der Waals surface area contributed by atoms with Gasteiger partial charge in [0.1, 0.15) is 18.1 Å². The Labute approximate surface area is 162 Å². The van der Waals surface area contributed by atoms with E-state index >= 15 is 0 Å². The molecule has 0 atom stereocenters. The van der Waals surface area contributed by atoms with Gasteiger partial charge in [-0.2, -0.15) is 0 Å². The number of nitrogens with one attached hydrogen (secondary N) is 1. The van der Waals surface area contributed by atoms with Crippen molar-refractivity contribution < 1.29 is 18.7 Å². The normalized spacial score (nSPS) is 11.6. The molecule has 0 saturated heterocycles. The van der Waals surface area contributed by atoms with Crippen molar-refractivity contribution in [3.05, 3.63) is 53.5 Å². The number of ether oxygens (including phenoxy) is 2. The van der Waals surface area contributed by atoms with Crippen LogP contribution in [0.15, 0.2) is 40.8 Å². The summed E-state index contributed by atoms with van der Waals surface area (Å²) in [5.41, 5.74) is 1.37. The fourth-order valence-corrected chi connectivity index (χ4v) is 2.46. The Hall–Kier alpha value is -2.27. The van der Waals surface area contributed by atoms with E-state index in [-0.39, 0.29) is 24.0 Å². The summed E-state index contributed by atoms with van der Waals surface area (Å²) in [5.74, 6) is 1.46. The molecular weight excluding hydrogens is 342 g/mol. The molecule has 0 spiro atoms. The van der Waals surface area contributed by atoms with Crippen molar-refractivity contribution in [3.8, 4) is 5.75 Å². The molecule has 0 fully saturated rings. The fraction of sp³-hybridized carbons (Fsp3) is 0.500. The molecule has 2 rings (SSSR count). The average Bonchev–Trinajstić information content (AvgIpc) is 3.08. The van der Waals surface area contributed by atoms with Gasteiger partial charge in [0, 0.05) is 13.2 Å². The summed E-state index contributed by atoms with van der Waals surface area (Å²) < 4.78 is 16.8. The second-order valence-corrected chi connectivity index (χ2v) is 7.86. The van der Waals surface area contributed by atoms with E-state index in [4.69, 9.17) is 13.9 Å². The largest absolute Gasteiger partial charge is 0.486 e. The number of hydrogen-bond acceptors (Lipinski definition) is 4. The molecule has 1 amide bonds. The quantitative estimate of drug-likeness (QED) is 0.647. The van der Waals surface area contributed by atoms with Crippen molar-refractivity contribution in [2.45, 2.75) is 59.2 Å². The highest BCUT2D eigenvalue weighted by Crippen LogP contribution is 2.24. The lowest BCUT2D eigenvalue weighted by molar-refractivity contribution is 0.0753. The second kappa shape index (κ2) is 9.60. The molecule has 0 aliphatic rings. The molecule has 0 aliphatic carbocycles. The summed E-state index contributed by atoms with van der Waals surface area (Å²) in [6.07, 6.45) is 0.975. The number of amides is 1. The van der Waals surface area contributed by atoms with Crippen LogP contribution in [0.1, 0.15) is 62.9 Å². The zero-order valence-corrected chi connectivity index (χ0v) is 17.0. The van der Waals surface area contributed by atoms with Gasteiger partial charge in [-0.25, -0.2) is 0 Å². The van der Waals surface area contributed by atoms with E-state index in [0.29, 0.717) is 24.7 Å². The van der Waals surface area contributed by atoms with Crippen LogP contribution in [0.3, 0.4) is 0 Å². The van der Waals surface area contributed by atoms with Crippen molar-refractivity contribution >= 4 is 5.91 Å². The van der Waals surface area contributed by atoms with Gasteiger partial charge in [-0.05, 0) is 55.5 Å². The number of hydrogen-bond donors (Lipinski definition) is 1. The highest BCUT2D eigenvalue weighted by molar-refractivity contribution is 5.91. The maximum absolute atomic E-state index is 12.1. The van der Waals surface area contributed by atoms with E-state index < -0.39 is 0 Å². The third-order valence-electron chi connectivity index (χ3n) is 4.04. The molecule has 1 aromatic heterocycles. The summed E-state index contributed by atoms with van der Waals surface area (Å²) in [7, 11) is 0. The molecule has 1 N–H and O–H groups in total. The minimum Gasteiger partial charge on any atom is -0.486 e. The molecule has 148 valence electrons. The molecular formula is C22H31NO4. The molecule has 1 heterocycles. The molecule has 2 aromatic rings. The van der Waals surface area contributed by atoms with Crippen LogP contribution in [0.4, 0.5) is 0 Å². The number of carbonyl (C=O) groups is 1. The van der Waals surface area contributed by atoms with Crippen LogP contribution in [-0.2, 0) is 16.8 Å². The lowest BCUT2D eigenvalue weighted by Crippen LogP contribution is -2.25. The van der Waals surface area contributed by atoms with Crippen LogP contribution in [0.5, 0.6) is 5.75 Å². The lowest BCUT2D eigenvalue weighted by atomic mass is 9.87. The predicted octanol–water partition coefficient (Wildman–Crippen LogP) is 4.70. The summed E-state index contributed by atoms with van der Waals surface area (Å²) in [6.45, 7) is 12.0. The Kier molecular flexibility index (Phi) is 7.48. The monoisotopic (exact) mass is 373 g/mol. The lowest BCUT2D eigenvalue weighted by Gasteiger charge is -2.19. The van der Waals surface area contributed by atoms with Gasteiger partial charge >= 0.3 is 0 Å². The minimum absolute atomic E-state index is 0.114. The van der Waals surface area contributed by atoms with Gasteiger partial charge in [0.2, 0.25) is 0 Å². The van der Waals surface area contributed by atoms with Gasteiger partial charge in [-0.15, -0.1) is 0 Å². The SMILES string of the molecule is CC(C)OCCCNC(=O)c1ccc(COc2ccc(C(C)(C)C)cc2)o1. The minimum atomic E-state index is -0.222. The van der Waals surface area contributed by atoms with E-state index in [2.05, 4.69) is 38.2 Å². The molecule has 0 aliphatic heterocycles. The first-order valence-electron chi connectivity index (χ1n) is 9.47. The van der Waals surface area contributed by atoms with Gasteiger partial charge in [-0.1, -0.05) is 32.9 Å². The van der Waals surface area contributed by atoms with Crippen molar-refractivity contribution in [3.63, 3.8) is 0 Å². The maximum Gasteiger partial charge on any atom is 0.286 e. The van der Waals surface area contributed by atoms with Gasteiger partial charge < -0.3 is 19.2 Å². The number of furan rings is 1. The number of carbonyl (C=O) groups excluding carboxylic acids is 1. The highest BCUT2D eigenvalue weighted by Gasteiger charge is 2.14. The van der Waals surface area contributed by atoms with E-state index in [9.17, 15) is 4.79 Å². The zero-order valence-electron chi connectivity index (χ0n) is 17.0. The maximum atomic E-state index is 12.1. The van der Waals surface area contributed by atoms with Crippen LogP contribution in [0, 0.1) is 0 Å². The van der Waals surface area contributed by atoms with Gasteiger partial charge in [0.05, 0.1) is 6.10 Å². The third kappa shape index (κ3) is 7.10. The second-order valence-electron chi connectivity index (χ2n) is 7.86. The van der Waals surface area contributed by atoms with Crippen LogP contribution in [-0.4, -0.2) is 25.2 Å². The Morgan fingerprint density at radius 2 is 1.81 bits per heavy atom. The van der Waals surface area contributed by atoms with Crippen molar-refractivity contribution in [1.29, 1.82) is 0 Å². The predicted molar refractivity (Wildman–Crippen MR) is 106 cm³/mol. The fourth-order valence-electron chi connectivity index (χ4n) is 2.46. The standard InChI is InChI=1S/C22H31NO4/c1-16(2)25-14-6-13-23-21(24)20-12-11-19(27-20)15-26-18-9-7-17(8-10-18)22(3,4)5/h7-12,16H,6,13-15H2,1-5H3,(H,23,24). The molecule has 1 aromatic carbocycles. The molecule has 0 saturated carbocycles. The Morgan fingerprint density at radius 1 is 1.11 bits per heavy atom. The molecule has 5 nitrogen and oxygen atoms in total. The summed E-state index contributed by atoms with van der Waals surface area (Å²) >= 11 is 0. The topological polar surface area (TPSA) is 60.7 Å². The smallest absolute Gasteiger partial charge is 0.286 e. The molecule has 0 radical (unpaired) electrons. The van der Waals surface area contributed by atoms with Gasteiger partial charge in [0.15, 0.2) is 5.76 Å². The Balaban J connectivity index is 1.77. The molecule has 5 heteroatoms. The number of rotatable bonds is 9. The molecule has 27 heavy (non-hydrogen) atoms. The molecule has 0 bridgehead atoms. The summed E-state index contributed by atoms with van der Waals surface area (Å²) in [5, 5.41) is 2.83. The van der Waals surface area contributed by atoms with Crippen molar-refractivity contribution in [2.75, 3.05) is 13.2 Å². The molecule has 0 unspecified atom stereocenters. The Bertz CT molecular complexity index is 711. The van der Waals surface area contributed by atoms with Crippen LogP contribution < -0.4 is 10.1 Å². The van der Waals surface area contributed by atoms with E-state index in [1.165, 1.54) is 5.56 Å². The van der Waals surface area contributed by atoms with Crippen LogP contribution in [0.2, 0.25) is 0 Å². The van der Waals surface area contributed by atoms with E-state index in [1.807, 2.05) is 26.0 Å². The summed E-state index contributed by atoms with van der Waals surface area (Å²) in [4.78, 5) is 12.1. The van der Waals surface area contributed by atoms with Gasteiger partial charge in [-0.3, -0.25) is 4.79 Å². The van der Waals surface area contributed by atoms with E-state index in [0.717, 1.165) is 12.2 Å². The zero-order chi connectivity index (χ0) is 19.9. The Morgan fingerprint density at radius 3 is 2.44 bits per heavy atom. The first-order valence-corrected chi connectivity index (χ1v) is 9.47. The van der Waals surface area contributed by atoms with E-state index in [1.54, 1.807) is 12.1 Å². The van der Waals surface area contributed by atoms with Crippen molar-refractivity contribution in [1.82, 2.24) is 5.32 Å². The highest BCUT2D eigenvalue weighted by atomic mass is 16.5. The first-order chi connectivity index (χ1) is 12.8. The third-order valence-corrected chi connectivity index (χ3v) is 4.04. The first kappa shape index (κ1) is 21.0. The van der Waals surface area contributed by atoms with Crippen molar-refractivity contribution in [2.24, 2.45) is 0 Å².